The fourth-order valence-electron chi connectivity index (χ4n) is 2.66. The van der Waals surface area contributed by atoms with Gasteiger partial charge in [0, 0.05) is 6.04 Å². The molecular formula is C13H21NO3S2. The summed E-state index contributed by atoms with van der Waals surface area (Å²) in [5.41, 5.74) is 0.588. The number of aliphatic hydroxyl groups is 1. The molecule has 0 amide bonds. The lowest BCUT2D eigenvalue weighted by molar-refractivity contribution is 0.282. The van der Waals surface area contributed by atoms with E-state index in [1.54, 1.807) is 12.3 Å². The van der Waals surface area contributed by atoms with Crippen LogP contribution in [0.25, 0.3) is 0 Å². The molecular weight excluding hydrogens is 282 g/mol. The Balaban J connectivity index is 2.33. The molecule has 1 fully saturated rings. The standard InChI is InChI=1S/C13H21NO3S2/c1-8-7-18-9(6-15)10(8)19(16,17)14-11-12(2,3)13(11,4)5/h7,11,14-15H,6H2,1-5H3. The van der Waals surface area contributed by atoms with Gasteiger partial charge in [0.1, 0.15) is 4.90 Å². The van der Waals surface area contributed by atoms with E-state index in [1.807, 2.05) is 0 Å². The number of hydrogen-bond acceptors (Lipinski definition) is 4. The van der Waals surface area contributed by atoms with Gasteiger partial charge in [-0.15, -0.1) is 11.3 Å². The Labute approximate surface area is 118 Å². The average Bonchev–Trinajstić information content (AvgIpc) is 2.65. The summed E-state index contributed by atoms with van der Waals surface area (Å²) in [5.74, 6) is 0. The maximum Gasteiger partial charge on any atom is 0.242 e. The van der Waals surface area contributed by atoms with Gasteiger partial charge in [0.15, 0.2) is 0 Å². The van der Waals surface area contributed by atoms with Crippen LogP contribution in [0.4, 0.5) is 0 Å². The van der Waals surface area contributed by atoms with Crippen LogP contribution in [0.2, 0.25) is 0 Å². The van der Waals surface area contributed by atoms with Crippen molar-refractivity contribution in [3.63, 3.8) is 0 Å². The normalized spacial score (nSPS) is 21.6. The van der Waals surface area contributed by atoms with E-state index < -0.39 is 10.0 Å². The fourth-order valence-corrected chi connectivity index (χ4v) is 5.85. The molecule has 4 nitrogen and oxygen atoms in total. The second-order valence-corrected chi connectivity index (χ2v) is 8.94. The van der Waals surface area contributed by atoms with Crippen molar-refractivity contribution in [2.75, 3.05) is 0 Å². The first kappa shape index (κ1) is 15.0. The maximum atomic E-state index is 12.5. The molecule has 1 aliphatic rings. The summed E-state index contributed by atoms with van der Waals surface area (Å²) in [5, 5.41) is 11.0. The van der Waals surface area contributed by atoms with E-state index in [0.29, 0.717) is 10.4 Å². The van der Waals surface area contributed by atoms with Gasteiger partial charge in [0.2, 0.25) is 10.0 Å². The van der Waals surface area contributed by atoms with Crippen LogP contribution in [-0.2, 0) is 16.6 Å². The van der Waals surface area contributed by atoms with E-state index in [0.717, 1.165) is 0 Å². The molecule has 0 radical (unpaired) electrons. The third kappa shape index (κ3) is 2.14. The van der Waals surface area contributed by atoms with Crippen LogP contribution in [-0.4, -0.2) is 19.6 Å². The zero-order valence-electron chi connectivity index (χ0n) is 11.9. The van der Waals surface area contributed by atoms with Gasteiger partial charge in [-0.2, -0.15) is 0 Å². The van der Waals surface area contributed by atoms with E-state index >= 15 is 0 Å². The number of hydrogen-bond donors (Lipinski definition) is 2. The maximum absolute atomic E-state index is 12.5. The molecule has 0 spiro atoms. The predicted octanol–water partition coefficient (Wildman–Crippen LogP) is 2.26. The Morgan fingerprint density at radius 2 is 1.84 bits per heavy atom. The monoisotopic (exact) mass is 303 g/mol. The second kappa shape index (κ2) is 4.28. The molecule has 0 aromatic carbocycles. The Morgan fingerprint density at radius 1 is 1.32 bits per heavy atom. The summed E-state index contributed by atoms with van der Waals surface area (Å²) in [6.07, 6.45) is 0. The van der Waals surface area contributed by atoms with Gasteiger partial charge in [-0.1, -0.05) is 27.7 Å². The van der Waals surface area contributed by atoms with Gasteiger partial charge < -0.3 is 5.11 Å². The number of thiophene rings is 1. The van der Waals surface area contributed by atoms with Gasteiger partial charge in [-0.05, 0) is 28.7 Å². The molecule has 1 aromatic heterocycles. The Kier molecular flexibility index (Phi) is 3.37. The van der Waals surface area contributed by atoms with Crippen molar-refractivity contribution in [2.24, 2.45) is 10.8 Å². The van der Waals surface area contributed by atoms with E-state index in [1.165, 1.54) is 11.3 Å². The van der Waals surface area contributed by atoms with Crippen molar-refractivity contribution < 1.29 is 13.5 Å². The number of aliphatic hydroxyl groups excluding tert-OH is 1. The van der Waals surface area contributed by atoms with Crippen LogP contribution in [0.1, 0.15) is 38.1 Å². The molecule has 2 rings (SSSR count). The zero-order valence-corrected chi connectivity index (χ0v) is 13.6. The Bertz CT molecular complexity index is 585. The van der Waals surface area contributed by atoms with E-state index in [9.17, 15) is 13.5 Å². The molecule has 0 atom stereocenters. The van der Waals surface area contributed by atoms with Crippen LogP contribution in [0, 0.1) is 17.8 Å². The van der Waals surface area contributed by atoms with Crippen molar-refractivity contribution >= 4 is 21.4 Å². The van der Waals surface area contributed by atoms with Crippen molar-refractivity contribution in [1.82, 2.24) is 4.72 Å². The molecule has 1 heterocycles. The number of aryl methyl sites for hydroxylation is 1. The first-order chi connectivity index (χ1) is 8.55. The van der Waals surface area contributed by atoms with Crippen LogP contribution in [0.5, 0.6) is 0 Å². The molecule has 6 heteroatoms. The lowest BCUT2D eigenvalue weighted by Crippen LogP contribution is -2.30. The van der Waals surface area contributed by atoms with Crippen LogP contribution in [0.15, 0.2) is 10.3 Å². The minimum atomic E-state index is -3.57. The topological polar surface area (TPSA) is 66.4 Å². The summed E-state index contributed by atoms with van der Waals surface area (Å²) in [4.78, 5) is 0.750. The molecule has 2 N–H and O–H groups in total. The minimum Gasteiger partial charge on any atom is -0.391 e. The number of rotatable bonds is 4. The van der Waals surface area contributed by atoms with Gasteiger partial charge in [-0.3, -0.25) is 0 Å². The van der Waals surface area contributed by atoms with Crippen LogP contribution < -0.4 is 4.72 Å². The summed E-state index contributed by atoms with van der Waals surface area (Å²) in [6, 6.07) is -0.0733. The van der Waals surface area contributed by atoms with Gasteiger partial charge >= 0.3 is 0 Å². The highest BCUT2D eigenvalue weighted by Gasteiger charge is 2.66. The fraction of sp³-hybridized carbons (Fsp3) is 0.692. The van der Waals surface area contributed by atoms with E-state index in [-0.39, 0.29) is 28.4 Å². The average molecular weight is 303 g/mol. The first-order valence-electron chi connectivity index (χ1n) is 6.26. The molecule has 19 heavy (non-hydrogen) atoms. The lowest BCUT2D eigenvalue weighted by Gasteiger charge is -2.09. The first-order valence-corrected chi connectivity index (χ1v) is 8.62. The summed E-state index contributed by atoms with van der Waals surface area (Å²) < 4.78 is 27.8. The summed E-state index contributed by atoms with van der Waals surface area (Å²) >= 11 is 1.28. The Morgan fingerprint density at radius 3 is 2.26 bits per heavy atom. The summed E-state index contributed by atoms with van der Waals surface area (Å²) in [6.45, 7) is 9.77. The van der Waals surface area contributed by atoms with Crippen molar-refractivity contribution in [3.8, 4) is 0 Å². The quantitative estimate of drug-likeness (QED) is 0.896. The van der Waals surface area contributed by atoms with Crippen LogP contribution >= 0.6 is 11.3 Å². The van der Waals surface area contributed by atoms with Gasteiger partial charge in [-0.25, -0.2) is 13.1 Å². The molecule has 0 bridgehead atoms. The van der Waals surface area contributed by atoms with Crippen molar-refractivity contribution in [3.05, 3.63) is 15.8 Å². The number of sulfonamides is 1. The van der Waals surface area contributed by atoms with E-state index in [4.69, 9.17) is 0 Å². The van der Waals surface area contributed by atoms with Gasteiger partial charge in [0.25, 0.3) is 0 Å². The third-order valence-electron chi connectivity index (χ3n) is 4.70. The highest BCUT2D eigenvalue weighted by atomic mass is 32.2. The summed E-state index contributed by atoms with van der Waals surface area (Å²) in [7, 11) is -3.57. The van der Waals surface area contributed by atoms with Crippen molar-refractivity contribution in [2.45, 2.75) is 52.2 Å². The second-order valence-electron chi connectivity index (χ2n) is 6.33. The van der Waals surface area contributed by atoms with Crippen LogP contribution in [0.3, 0.4) is 0 Å². The Hall–Kier alpha value is -0.430. The highest BCUT2D eigenvalue weighted by Crippen LogP contribution is 2.63. The smallest absolute Gasteiger partial charge is 0.242 e. The molecule has 0 unspecified atom stereocenters. The highest BCUT2D eigenvalue weighted by molar-refractivity contribution is 7.89. The number of nitrogens with one attached hydrogen (secondary N) is 1. The molecule has 1 saturated carbocycles. The predicted molar refractivity (Wildman–Crippen MR) is 76.7 cm³/mol. The molecule has 108 valence electrons. The van der Waals surface area contributed by atoms with Crippen molar-refractivity contribution in [1.29, 1.82) is 0 Å². The molecule has 0 aliphatic heterocycles. The zero-order chi connectivity index (χ0) is 14.6. The van der Waals surface area contributed by atoms with Gasteiger partial charge in [0.05, 0.1) is 11.5 Å². The molecule has 1 aliphatic carbocycles. The molecule has 0 saturated heterocycles. The SMILES string of the molecule is Cc1csc(CO)c1S(=O)(=O)NC1C(C)(C)C1(C)C. The largest absolute Gasteiger partial charge is 0.391 e. The minimum absolute atomic E-state index is 0.0522. The third-order valence-corrected chi connectivity index (χ3v) is 7.57. The lowest BCUT2D eigenvalue weighted by atomic mass is 10.0. The molecule has 1 aromatic rings. The van der Waals surface area contributed by atoms with E-state index in [2.05, 4.69) is 32.4 Å².